The first-order valence-electron chi connectivity index (χ1n) is 6.27. The molecule has 0 aliphatic heterocycles. The quantitative estimate of drug-likeness (QED) is 0.545. The van der Waals surface area contributed by atoms with Crippen LogP contribution in [0.3, 0.4) is 0 Å². The van der Waals surface area contributed by atoms with E-state index >= 15 is 0 Å². The number of rotatable bonds is 3. The molecule has 3 aromatic rings. The molecule has 0 saturated carbocycles. The van der Waals surface area contributed by atoms with E-state index in [1.54, 1.807) is 24.3 Å². The Hall–Kier alpha value is -2.95. The van der Waals surface area contributed by atoms with Crippen LogP contribution in [0.4, 0.5) is 0 Å². The summed E-state index contributed by atoms with van der Waals surface area (Å²) in [6, 6.07) is 12.0. The van der Waals surface area contributed by atoms with Gasteiger partial charge in [-0.1, -0.05) is 18.2 Å². The number of aromatic nitrogens is 1. The van der Waals surface area contributed by atoms with Gasteiger partial charge in [0.25, 0.3) is 0 Å². The highest BCUT2D eigenvalue weighted by Crippen LogP contribution is 2.20. The largest absolute Gasteiger partial charge is 0.464 e. The molecule has 3 rings (SSSR count). The van der Waals surface area contributed by atoms with E-state index in [4.69, 9.17) is 9.15 Å². The maximum atomic E-state index is 12.5. The molecule has 0 bridgehead atoms. The lowest BCUT2D eigenvalue weighted by Crippen LogP contribution is -2.13. The van der Waals surface area contributed by atoms with Gasteiger partial charge in [-0.3, -0.25) is 4.79 Å². The predicted molar refractivity (Wildman–Crippen MR) is 75.2 cm³/mol. The first-order chi connectivity index (χ1) is 10.2. The summed E-state index contributed by atoms with van der Waals surface area (Å²) < 4.78 is 9.81. The van der Waals surface area contributed by atoms with Crippen LogP contribution in [-0.2, 0) is 4.74 Å². The fraction of sp³-hybridized carbons (Fsp3) is 0.0625. The third-order valence-corrected chi connectivity index (χ3v) is 3.09. The molecule has 2 aromatic heterocycles. The van der Waals surface area contributed by atoms with Gasteiger partial charge < -0.3 is 9.15 Å². The summed E-state index contributed by atoms with van der Waals surface area (Å²) in [5, 5.41) is 0.764. The molecule has 2 heterocycles. The summed E-state index contributed by atoms with van der Waals surface area (Å²) in [5.74, 6) is -0.911. The van der Waals surface area contributed by atoms with E-state index < -0.39 is 11.8 Å². The Morgan fingerprint density at radius 3 is 2.67 bits per heavy atom. The molecule has 0 radical (unpaired) electrons. The van der Waals surface area contributed by atoms with E-state index in [0.29, 0.717) is 5.52 Å². The second kappa shape index (κ2) is 5.20. The molecule has 0 N–H and O–H groups in total. The Kier molecular flexibility index (Phi) is 3.23. The average molecular weight is 281 g/mol. The lowest BCUT2D eigenvalue weighted by molar-refractivity contribution is 0.0591. The molecule has 104 valence electrons. The third-order valence-electron chi connectivity index (χ3n) is 3.09. The number of hydrogen-bond acceptors (Lipinski definition) is 5. The maximum Gasteiger partial charge on any atom is 0.357 e. The van der Waals surface area contributed by atoms with Crippen LogP contribution in [0, 0.1) is 0 Å². The fourth-order valence-corrected chi connectivity index (χ4v) is 2.08. The zero-order chi connectivity index (χ0) is 14.8. The van der Waals surface area contributed by atoms with Crippen molar-refractivity contribution in [1.29, 1.82) is 0 Å². The van der Waals surface area contributed by atoms with Gasteiger partial charge in [0.2, 0.25) is 5.78 Å². The van der Waals surface area contributed by atoms with Gasteiger partial charge in [0.15, 0.2) is 11.5 Å². The minimum atomic E-state index is -0.657. The number of fused-ring (bicyclic) bond motifs is 1. The number of hydrogen-bond donors (Lipinski definition) is 0. The van der Waals surface area contributed by atoms with Crippen molar-refractivity contribution in [3.63, 3.8) is 0 Å². The van der Waals surface area contributed by atoms with Gasteiger partial charge in [-0.2, -0.15) is 0 Å². The number of benzene rings is 1. The SMILES string of the molecule is COC(=O)c1nc2ccccc2cc1C(=O)c1ccco1. The minimum Gasteiger partial charge on any atom is -0.464 e. The Morgan fingerprint density at radius 2 is 1.95 bits per heavy atom. The van der Waals surface area contributed by atoms with Crippen LogP contribution < -0.4 is 0 Å². The van der Waals surface area contributed by atoms with Crippen molar-refractivity contribution in [3.05, 3.63) is 65.7 Å². The molecule has 21 heavy (non-hydrogen) atoms. The first-order valence-corrected chi connectivity index (χ1v) is 6.27. The van der Waals surface area contributed by atoms with E-state index in [1.807, 2.05) is 18.2 Å². The van der Waals surface area contributed by atoms with E-state index in [1.165, 1.54) is 13.4 Å². The molecule has 0 spiro atoms. The van der Waals surface area contributed by atoms with E-state index in [0.717, 1.165) is 5.39 Å². The molecule has 0 saturated heterocycles. The number of carbonyl (C=O) groups excluding carboxylic acids is 2. The third kappa shape index (κ3) is 2.29. The van der Waals surface area contributed by atoms with Crippen molar-refractivity contribution in [2.75, 3.05) is 7.11 Å². The molecule has 0 amide bonds. The predicted octanol–water partition coefficient (Wildman–Crippen LogP) is 2.85. The summed E-state index contributed by atoms with van der Waals surface area (Å²) in [6.07, 6.45) is 1.40. The molecular weight excluding hydrogens is 270 g/mol. The van der Waals surface area contributed by atoms with Crippen molar-refractivity contribution < 1.29 is 18.7 Å². The normalized spacial score (nSPS) is 10.5. The number of methoxy groups -OCH3 is 1. The number of furan rings is 1. The lowest BCUT2D eigenvalue weighted by Gasteiger charge is -2.07. The summed E-state index contributed by atoms with van der Waals surface area (Å²) in [6.45, 7) is 0. The van der Waals surface area contributed by atoms with E-state index in [2.05, 4.69) is 4.98 Å². The highest BCUT2D eigenvalue weighted by Gasteiger charge is 2.23. The Morgan fingerprint density at radius 1 is 1.14 bits per heavy atom. The van der Waals surface area contributed by atoms with Crippen LogP contribution in [0.15, 0.2) is 53.1 Å². The van der Waals surface area contributed by atoms with Gasteiger partial charge in [-0.05, 0) is 24.3 Å². The van der Waals surface area contributed by atoms with Gasteiger partial charge in [0.05, 0.1) is 24.5 Å². The van der Waals surface area contributed by atoms with Gasteiger partial charge in [-0.25, -0.2) is 9.78 Å². The van der Waals surface area contributed by atoms with Gasteiger partial charge in [0.1, 0.15) is 0 Å². The molecule has 0 fully saturated rings. The van der Waals surface area contributed by atoms with Crippen LogP contribution in [0.1, 0.15) is 26.6 Å². The number of pyridine rings is 1. The summed E-state index contributed by atoms with van der Waals surface area (Å²) in [7, 11) is 1.25. The minimum absolute atomic E-state index is 0.0161. The summed E-state index contributed by atoms with van der Waals surface area (Å²) in [5.41, 5.74) is 0.766. The van der Waals surface area contributed by atoms with Crippen LogP contribution in [0.2, 0.25) is 0 Å². The Labute approximate surface area is 120 Å². The number of para-hydroxylation sites is 1. The van der Waals surface area contributed by atoms with Crippen molar-refractivity contribution in [3.8, 4) is 0 Å². The van der Waals surface area contributed by atoms with Crippen molar-refractivity contribution in [2.45, 2.75) is 0 Å². The molecule has 0 aliphatic rings. The number of ketones is 1. The molecule has 1 aromatic carbocycles. The zero-order valence-electron chi connectivity index (χ0n) is 11.2. The second-order valence-corrected chi connectivity index (χ2v) is 4.38. The maximum absolute atomic E-state index is 12.5. The summed E-state index contributed by atoms with van der Waals surface area (Å²) in [4.78, 5) is 28.6. The van der Waals surface area contributed by atoms with Crippen molar-refractivity contribution in [2.24, 2.45) is 0 Å². The number of nitrogens with zero attached hydrogens (tertiary/aromatic N) is 1. The van der Waals surface area contributed by atoms with Crippen molar-refractivity contribution in [1.82, 2.24) is 4.98 Å². The van der Waals surface area contributed by atoms with Gasteiger partial charge >= 0.3 is 5.97 Å². The smallest absolute Gasteiger partial charge is 0.357 e. The topological polar surface area (TPSA) is 69.4 Å². The molecule has 0 atom stereocenters. The fourth-order valence-electron chi connectivity index (χ4n) is 2.08. The van der Waals surface area contributed by atoms with E-state index in [9.17, 15) is 9.59 Å². The standard InChI is InChI=1S/C16H11NO4/c1-20-16(19)14-11(15(18)13-7-4-8-21-13)9-10-5-2-3-6-12(10)17-14/h2-9H,1H3. The molecule has 5 nitrogen and oxygen atoms in total. The number of carbonyl (C=O) groups is 2. The van der Waals surface area contributed by atoms with Crippen LogP contribution >= 0.6 is 0 Å². The highest BCUT2D eigenvalue weighted by molar-refractivity contribution is 6.14. The van der Waals surface area contributed by atoms with Gasteiger partial charge in [0, 0.05) is 5.39 Å². The molecular formula is C16H11NO4. The van der Waals surface area contributed by atoms with Crippen LogP contribution in [0.5, 0.6) is 0 Å². The number of ether oxygens (including phenoxy) is 1. The highest BCUT2D eigenvalue weighted by atomic mass is 16.5. The first kappa shape index (κ1) is 13.1. The Balaban J connectivity index is 2.23. The second-order valence-electron chi connectivity index (χ2n) is 4.38. The Bertz CT molecular complexity index is 821. The monoisotopic (exact) mass is 281 g/mol. The average Bonchev–Trinajstić information content (AvgIpc) is 3.06. The zero-order valence-corrected chi connectivity index (χ0v) is 11.2. The molecule has 0 aliphatic carbocycles. The van der Waals surface area contributed by atoms with Crippen LogP contribution in [-0.4, -0.2) is 23.8 Å². The molecule has 5 heteroatoms. The van der Waals surface area contributed by atoms with E-state index in [-0.39, 0.29) is 17.0 Å². The molecule has 0 unspecified atom stereocenters. The summed E-state index contributed by atoms with van der Waals surface area (Å²) >= 11 is 0. The lowest BCUT2D eigenvalue weighted by atomic mass is 10.0. The van der Waals surface area contributed by atoms with Gasteiger partial charge in [-0.15, -0.1) is 0 Å². The van der Waals surface area contributed by atoms with Crippen LogP contribution in [0.25, 0.3) is 10.9 Å². The van der Waals surface area contributed by atoms with Crippen molar-refractivity contribution >= 4 is 22.7 Å². The number of esters is 1.